The van der Waals surface area contributed by atoms with E-state index in [1.165, 1.54) is 12.0 Å². The molecule has 2 amide bonds. The number of halogens is 2. The molecule has 9 nitrogen and oxygen atoms in total. The number of unbranched alkanes of at least 4 members (excludes halogenated alkanes) is 2. The smallest absolute Gasteiger partial charge is 0.330 e. The van der Waals surface area contributed by atoms with E-state index < -0.39 is 29.1 Å². The second-order valence-corrected chi connectivity index (χ2v) is 9.64. The average molecular weight is 521 g/mol. The fourth-order valence-corrected chi connectivity index (χ4v) is 4.64. The number of phenolic OH excluding ortho intramolecular Hbond substituents is 1. The first-order valence-corrected chi connectivity index (χ1v) is 12.8. The molecule has 0 bridgehead atoms. The summed E-state index contributed by atoms with van der Waals surface area (Å²) in [4.78, 5) is 26.8. The van der Waals surface area contributed by atoms with E-state index >= 15 is 0 Å². The zero-order chi connectivity index (χ0) is 27.3. The SMILES string of the molecule is CCN1C(=O)N(c2c(F)c(O)cc(OC)c2F)Cc2cnc(NCCCCCN(C(C)C)C(C)C)nc21. The lowest BCUT2D eigenvalue weighted by molar-refractivity contribution is 0.171. The van der Waals surface area contributed by atoms with Crippen LogP contribution in [-0.4, -0.2) is 64.8 Å². The molecule has 1 aliphatic heterocycles. The number of phenols is 1. The second-order valence-electron chi connectivity index (χ2n) is 9.64. The molecular weight excluding hydrogens is 482 g/mol. The third-order valence-electron chi connectivity index (χ3n) is 6.52. The van der Waals surface area contributed by atoms with E-state index in [2.05, 4.69) is 47.9 Å². The summed E-state index contributed by atoms with van der Waals surface area (Å²) in [6.45, 7) is 12.4. The van der Waals surface area contributed by atoms with Crippen LogP contribution in [0, 0.1) is 11.6 Å². The van der Waals surface area contributed by atoms with Crippen LogP contribution in [0.15, 0.2) is 12.3 Å². The molecule has 0 radical (unpaired) electrons. The van der Waals surface area contributed by atoms with Gasteiger partial charge in [0.2, 0.25) is 5.95 Å². The largest absolute Gasteiger partial charge is 0.505 e. The molecular formula is C26H38F2N6O3. The molecule has 1 aliphatic rings. The van der Waals surface area contributed by atoms with Crippen LogP contribution < -0.4 is 19.9 Å². The molecule has 1 aromatic carbocycles. The number of urea groups is 1. The number of amides is 2. The number of aromatic nitrogens is 2. The Kier molecular flexibility index (Phi) is 9.47. The van der Waals surface area contributed by atoms with Gasteiger partial charge >= 0.3 is 6.03 Å². The number of carbonyl (C=O) groups is 1. The van der Waals surface area contributed by atoms with Gasteiger partial charge in [-0.25, -0.2) is 18.6 Å². The number of hydrogen-bond acceptors (Lipinski definition) is 7. The maximum absolute atomic E-state index is 15.0. The highest BCUT2D eigenvalue weighted by Crippen LogP contribution is 2.40. The molecule has 0 spiro atoms. The van der Waals surface area contributed by atoms with E-state index in [0.29, 0.717) is 36.0 Å². The lowest BCUT2D eigenvalue weighted by Crippen LogP contribution is -2.48. The molecule has 0 fully saturated rings. The molecule has 2 heterocycles. The summed E-state index contributed by atoms with van der Waals surface area (Å²) in [5, 5.41) is 13.1. The molecule has 2 aromatic rings. The van der Waals surface area contributed by atoms with E-state index in [9.17, 15) is 18.7 Å². The Morgan fingerprint density at radius 2 is 1.86 bits per heavy atom. The van der Waals surface area contributed by atoms with Crippen LogP contribution in [0.3, 0.4) is 0 Å². The topological polar surface area (TPSA) is 94.1 Å². The van der Waals surface area contributed by atoms with Crippen molar-refractivity contribution >= 4 is 23.5 Å². The van der Waals surface area contributed by atoms with Gasteiger partial charge in [-0.05, 0) is 54.0 Å². The van der Waals surface area contributed by atoms with Crippen LogP contribution in [0.1, 0.15) is 59.4 Å². The fraction of sp³-hybridized carbons (Fsp3) is 0.577. The van der Waals surface area contributed by atoms with Gasteiger partial charge in [0.25, 0.3) is 0 Å². The van der Waals surface area contributed by atoms with Crippen molar-refractivity contribution in [1.29, 1.82) is 0 Å². The summed E-state index contributed by atoms with van der Waals surface area (Å²) < 4.78 is 34.6. The molecule has 204 valence electrons. The number of fused-ring (bicyclic) bond motifs is 1. The van der Waals surface area contributed by atoms with Gasteiger partial charge in [-0.2, -0.15) is 4.98 Å². The Bertz CT molecular complexity index is 1090. The van der Waals surface area contributed by atoms with Crippen LogP contribution >= 0.6 is 0 Å². The van der Waals surface area contributed by atoms with Gasteiger partial charge < -0.3 is 15.2 Å². The highest BCUT2D eigenvalue weighted by Gasteiger charge is 2.36. The monoisotopic (exact) mass is 520 g/mol. The Balaban J connectivity index is 1.69. The number of benzene rings is 1. The zero-order valence-electron chi connectivity index (χ0n) is 22.5. The number of rotatable bonds is 12. The van der Waals surface area contributed by atoms with E-state index in [0.717, 1.165) is 36.8 Å². The Hall–Kier alpha value is -3.21. The van der Waals surface area contributed by atoms with Crippen molar-refractivity contribution in [3.8, 4) is 11.5 Å². The van der Waals surface area contributed by atoms with Gasteiger partial charge in [0.05, 0.1) is 13.7 Å². The normalized spacial score (nSPS) is 13.6. The van der Waals surface area contributed by atoms with Crippen molar-refractivity contribution in [3.05, 3.63) is 29.5 Å². The van der Waals surface area contributed by atoms with Crippen molar-refractivity contribution in [2.24, 2.45) is 0 Å². The Labute approximate surface area is 217 Å². The summed E-state index contributed by atoms with van der Waals surface area (Å²) in [5.74, 6) is -2.72. The lowest BCUT2D eigenvalue weighted by atomic mass is 10.1. The summed E-state index contributed by atoms with van der Waals surface area (Å²) in [5.41, 5.74) is -0.155. The molecule has 1 aromatic heterocycles. The molecule has 0 unspecified atom stereocenters. The summed E-state index contributed by atoms with van der Waals surface area (Å²) in [7, 11) is 1.19. The number of anilines is 3. The zero-order valence-corrected chi connectivity index (χ0v) is 22.5. The minimum absolute atomic E-state index is 0.159. The third kappa shape index (κ3) is 6.20. The standard InChI is InChI=1S/C26H38F2N6O3/c1-7-32-24-18(15-34(26(32)36)23-21(27)19(35)13-20(37-6)22(23)28)14-30-25(31-24)29-11-9-8-10-12-33(16(2)3)17(4)5/h13-14,16-17,35H,7-12,15H2,1-6H3,(H,29,30,31). The number of methoxy groups -OCH3 is 1. The second kappa shape index (κ2) is 12.4. The highest BCUT2D eigenvalue weighted by atomic mass is 19.1. The minimum atomic E-state index is -1.24. The van der Waals surface area contributed by atoms with Crippen LogP contribution in [0.5, 0.6) is 11.5 Å². The van der Waals surface area contributed by atoms with Gasteiger partial charge in [-0.3, -0.25) is 14.7 Å². The molecule has 0 aliphatic carbocycles. The number of nitrogens with zero attached hydrogens (tertiary/aromatic N) is 5. The number of carbonyl (C=O) groups excluding carboxylic acids is 1. The third-order valence-corrected chi connectivity index (χ3v) is 6.52. The van der Waals surface area contributed by atoms with Gasteiger partial charge in [-0.15, -0.1) is 0 Å². The molecule has 0 saturated heterocycles. The summed E-state index contributed by atoms with van der Waals surface area (Å²) >= 11 is 0. The number of aromatic hydroxyl groups is 1. The minimum Gasteiger partial charge on any atom is -0.505 e. The first-order valence-electron chi connectivity index (χ1n) is 12.8. The Morgan fingerprint density at radius 3 is 2.49 bits per heavy atom. The van der Waals surface area contributed by atoms with Gasteiger partial charge in [0.1, 0.15) is 11.5 Å². The van der Waals surface area contributed by atoms with Crippen LogP contribution in [0.4, 0.5) is 31.0 Å². The van der Waals surface area contributed by atoms with Gasteiger partial charge in [0.15, 0.2) is 23.1 Å². The lowest BCUT2D eigenvalue weighted by Gasteiger charge is -2.36. The Morgan fingerprint density at radius 1 is 1.16 bits per heavy atom. The van der Waals surface area contributed by atoms with Gasteiger partial charge in [0, 0.05) is 43.0 Å². The maximum atomic E-state index is 15.0. The van der Waals surface area contributed by atoms with E-state index in [4.69, 9.17) is 4.74 Å². The molecule has 2 N–H and O–H groups in total. The first-order chi connectivity index (χ1) is 17.6. The van der Waals surface area contributed by atoms with Crippen molar-refractivity contribution in [2.75, 3.05) is 41.9 Å². The molecule has 11 heteroatoms. The summed E-state index contributed by atoms with van der Waals surface area (Å²) in [6.07, 6.45) is 4.66. The molecule has 0 atom stereocenters. The van der Waals surface area contributed by atoms with Crippen molar-refractivity contribution in [1.82, 2.24) is 14.9 Å². The molecule has 0 saturated carbocycles. The quantitative estimate of drug-likeness (QED) is 0.375. The maximum Gasteiger partial charge on any atom is 0.330 e. The fourth-order valence-electron chi connectivity index (χ4n) is 4.64. The van der Waals surface area contributed by atoms with E-state index in [1.54, 1.807) is 13.1 Å². The van der Waals surface area contributed by atoms with Crippen LogP contribution in [-0.2, 0) is 6.54 Å². The van der Waals surface area contributed by atoms with Crippen molar-refractivity contribution in [3.63, 3.8) is 0 Å². The predicted molar refractivity (Wildman–Crippen MR) is 141 cm³/mol. The van der Waals surface area contributed by atoms with E-state index in [1.807, 2.05) is 0 Å². The van der Waals surface area contributed by atoms with Crippen molar-refractivity contribution in [2.45, 2.75) is 72.5 Å². The first kappa shape index (κ1) is 28.4. The predicted octanol–water partition coefficient (Wildman–Crippen LogP) is 5.14. The van der Waals surface area contributed by atoms with Crippen LogP contribution in [0.25, 0.3) is 0 Å². The summed E-state index contributed by atoms with van der Waals surface area (Å²) in [6, 6.07) is 1.21. The number of nitrogens with one attached hydrogen (secondary N) is 1. The number of hydrogen-bond donors (Lipinski definition) is 2. The van der Waals surface area contributed by atoms with Gasteiger partial charge in [-0.1, -0.05) is 6.42 Å². The number of ether oxygens (including phenoxy) is 1. The van der Waals surface area contributed by atoms with Crippen LogP contribution in [0.2, 0.25) is 0 Å². The average Bonchev–Trinajstić information content (AvgIpc) is 2.85. The van der Waals surface area contributed by atoms with Crippen molar-refractivity contribution < 1.29 is 23.4 Å². The molecule has 3 rings (SSSR count). The molecule has 37 heavy (non-hydrogen) atoms. The highest BCUT2D eigenvalue weighted by molar-refractivity contribution is 6.05. The van der Waals surface area contributed by atoms with E-state index in [-0.39, 0.29) is 18.8 Å².